The van der Waals surface area contributed by atoms with Gasteiger partial charge in [0.15, 0.2) is 11.9 Å². The van der Waals surface area contributed by atoms with Crippen molar-refractivity contribution in [1.29, 1.82) is 0 Å². The number of hydrogen-bond donors (Lipinski definition) is 1. The van der Waals surface area contributed by atoms with Crippen LogP contribution in [0.5, 0.6) is 0 Å². The Kier molecular flexibility index (Phi) is 3.04. The Morgan fingerprint density at radius 3 is 3.13 bits per heavy atom. The molecule has 0 radical (unpaired) electrons. The van der Waals surface area contributed by atoms with Crippen LogP contribution in [-0.4, -0.2) is 21.1 Å². The summed E-state index contributed by atoms with van der Waals surface area (Å²) in [6.07, 6.45) is 2.66. The van der Waals surface area contributed by atoms with Gasteiger partial charge < -0.3 is 14.2 Å². The lowest BCUT2D eigenvalue weighted by Gasteiger charge is -2.05. The van der Waals surface area contributed by atoms with Crippen LogP contribution in [0.3, 0.4) is 0 Å². The molecule has 2 aromatic rings. The van der Waals surface area contributed by atoms with E-state index in [-0.39, 0.29) is 0 Å². The second-order valence-corrected chi connectivity index (χ2v) is 3.91. The summed E-state index contributed by atoms with van der Waals surface area (Å²) in [4.78, 5) is 4.27. The molecule has 15 heavy (non-hydrogen) atoms. The third kappa shape index (κ3) is 2.04. The molecule has 2 aromatic heterocycles. The number of imidazole rings is 1. The maximum atomic E-state index is 9.60. The predicted octanol–water partition coefficient (Wildman–Crippen LogP) is 2.12. The molecule has 0 saturated carbocycles. The van der Waals surface area contributed by atoms with Crippen LogP contribution < -0.4 is 0 Å². The molecule has 1 N–H and O–H groups in total. The largest absolute Gasteiger partial charge is 0.363 e. The fourth-order valence-corrected chi connectivity index (χ4v) is 1.81. The average Bonchev–Trinajstić information content (AvgIpc) is 2.63. The van der Waals surface area contributed by atoms with E-state index in [0.29, 0.717) is 12.3 Å². The van der Waals surface area contributed by atoms with Crippen molar-refractivity contribution in [2.24, 2.45) is 0 Å². The molecule has 1 atom stereocenters. The molecule has 0 aromatic carbocycles. The van der Waals surface area contributed by atoms with E-state index in [1.807, 2.05) is 29.7 Å². The second-order valence-electron chi connectivity index (χ2n) is 3.06. The normalized spacial score (nSPS) is 13.3. The van der Waals surface area contributed by atoms with Crippen molar-refractivity contribution in [1.82, 2.24) is 9.38 Å². The number of rotatable bonds is 3. The molecule has 0 fully saturated rings. The minimum Gasteiger partial charge on any atom is -0.363 e. The average molecular weight is 271 g/mol. The van der Waals surface area contributed by atoms with Gasteiger partial charge in [0.1, 0.15) is 5.69 Å². The highest BCUT2D eigenvalue weighted by Crippen LogP contribution is 2.20. The molecule has 0 amide bonds. The number of ether oxygens (including phenoxy) is 1. The first-order chi connectivity index (χ1) is 7.22. The first kappa shape index (κ1) is 10.6. The van der Waals surface area contributed by atoms with Crippen molar-refractivity contribution in [3.05, 3.63) is 34.7 Å². The molecule has 0 saturated heterocycles. The first-order valence-corrected chi connectivity index (χ1v) is 5.44. The third-order valence-electron chi connectivity index (χ3n) is 2.03. The first-order valence-electron chi connectivity index (χ1n) is 4.65. The minimum absolute atomic E-state index is 0.455. The Morgan fingerprint density at radius 1 is 1.67 bits per heavy atom. The fraction of sp³-hybridized carbons (Fsp3) is 0.300. The fourth-order valence-electron chi connectivity index (χ4n) is 1.36. The highest BCUT2D eigenvalue weighted by molar-refractivity contribution is 9.10. The van der Waals surface area contributed by atoms with E-state index in [9.17, 15) is 5.11 Å². The molecule has 0 spiro atoms. The van der Waals surface area contributed by atoms with E-state index in [0.717, 1.165) is 10.1 Å². The van der Waals surface area contributed by atoms with Gasteiger partial charge in [-0.2, -0.15) is 0 Å². The molecule has 2 rings (SSSR count). The van der Waals surface area contributed by atoms with Crippen LogP contribution in [0.15, 0.2) is 29.0 Å². The lowest BCUT2D eigenvalue weighted by Crippen LogP contribution is -2.02. The number of fused-ring (bicyclic) bond motifs is 1. The summed E-state index contributed by atoms with van der Waals surface area (Å²) in [7, 11) is 0. The van der Waals surface area contributed by atoms with E-state index in [1.165, 1.54) is 0 Å². The number of pyridine rings is 1. The Bertz CT molecular complexity index is 469. The quantitative estimate of drug-likeness (QED) is 0.870. The Balaban J connectivity index is 2.43. The smallest absolute Gasteiger partial charge is 0.200 e. The van der Waals surface area contributed by atoms with Crippen LogP contribution in [0.4, 0.5) is 0 Å². The van der Waals surface area contributed by atoms with Gasteiger partial charge in [-0.15, -0.1) is 0 Å². The summed E-state index contributed by atoms with van der Waals surface area (Å²) in [5.74, 6) is 0. The number of aromatic nitrogens is 2. The second kappa shape index (κ2) is 4.30. The van der Waals surface area contributed by atoms with E-state index < -0.39 is 6.29 Å². The van der Waals surface area contributed by atoms with Crippen molar-refractivity contribution in [3.63, 3.8) is 0 Å². The molecule has 4 nitrogen and oxygen atoms in total. The zero-order valence-corrected chi connectivity index (χ0v) is 9.81. The van der Waals surface area contributed by atoms with Gasteiger partial charge in [-0.05, 0) is 35.0 Å². The van der Waals surface area contributed by atoms with Crippen molar-refractivity contribution < 1.29 is 9.84 Å². The van der Waals surface area contributed by atoms with Gasteiger partial charge in [-0.25, -0.2) is 4.98 Å². The number of halogens is 1. The van der Waals surface area contributed by atoms with Gasteiger partial charge >= 0.3 is 0 Å². The number of aliphatic hydroxyl groups is 1. The van der Waals surface area contributed by atoms with Crippen LogP contribution in [0.25, 0.3) is 5.65 Å². The van der Waals surface area contributed by atoms with Crippen molar-refractivity contribution in [2.45, 2.75) is 13.2 Å². The lowest BCUT2D eigenvalue weighted by molar-refractivity contribution is -0.100. The topological polar surface area (TPSA) is 46.8 Å². The number of hydrogen-bond acceptors (Lipinski definition) is 3. The minimum atomic E-state index is -0.957. The summed E-state index contributed by atoms with van der Waals surface area (Å²) >= 11 is 3.39. The van der Waals surface area contributed by atoms with Gasteiger partial charge in [0, 0.05) is 19.0 Å². The molecule has 0 bridgehead atoms. The molecule has 2 heterocycles. The van der Waals surface area contributed by atoms with E-state index in [1.54, 1.807) is 6.20 Å². The van der Waals surface area contributed by atoms with Crippen molar-refractivity contribution in [2.75, 3.05) is 6.61 Å². The summed E-state index contributed by atoms with van der Waals surface area (Å²) in [5.41, 5.74) is 1.29. The summed E-state index contributed by atoms with van der Waals surface area (Å²) in [6.45, 7) is 2.28. The molecule has 1 unspecified atom stereocenters. The zero-order chi connectivity index (χ0) is 10.8. The van der Waals surface area contributed by atoms with Crippen LogP contribution >= 0.6 is 15.9 Å². The van der Waals surface area contributed by atoms with Gasteiger partial charge in [0.2, 0.25) is 0 Å². The number of aliphatic hydroxyl groups excluding tert-OH is 1. The molecular weight excluding hydrogens is 260 g/mol. The lowest BCUT2D eigenvalue weighted by atomic mass is 10.5. The molecule has 0 aliphatic heterocycles. The van der Waals surface area contributed by atoms with Gasteiger partial charge in [-0.3, -0.25) is 0 Å². The van der Waals surface area contributed by atoms with E-state index >= 15 is 0 Å². The van der Waals surface area contributed by atoms with E-state index in [4.69, 9.17) is 4.74 Å². The highest BCUT2D eigenvalue weighted by atomic mass is 79.9. The highest BCUT2D eigenvalue weighted by Gasteiger charge is 2.12. The Labute approximate surface area is 95.6 Å². The monoisotopic (exact) mass is 270 g/mol. The summed E-state index contributed by atoms with van der Waals surface area (Å²) in [6, 6.07) is 3.80. The maximum Gasteiger partial charge on any atom is 0.200 e. The van der Waals surface area contributed by atoms with E-state index in [2.05, 4.69) is 20.9 Å². The SMILES string of the molecule is CCOC(O)c1cn2cccc(Br)c2n1. The Morgan fingerprint density at radius 2 is 2.47 bits per heavy atom. The predicted molar refractivity (Wildman–Crippen MR) is 59.5 cm³/mol. The summed E-state index contributed by atoms with van der Waals surface area (Å²) in [5, 5.41) is 9.60. The van der Waals surface area contributed by atoms with Gasteiger partial charge in [0.25, 0.3) is 0 Å². The van der Waals surface area contributed by atoms with Gasteiger partial charge in [-0.1, -0.05) is 0 Å². The Hall–Kier alpha value is -0.910. The third-order valence-corrected chi connectivity index (χ3v) is 2.65. The maximum absolute atomic E-state index is 9.60. The molecule has 0 aliphatic carbocycles. The molecule has 0 aliphatic rings. The molecule has 5 heteroatoms. The van der Waals surface area contributed by atoms with Gasteiger partial charge in [0.05, 0.1) is 4.47 Å². The standard InChI is InChI=1S/C10H11BrN2O2/c1-2-15-10(14)8-6-13-5-3-4-7(11)9(13)12-8/h3-6,10,14H,2H2,1H3. The molecular formula is C10H11BrN2O2. The van der Waals surface area contributed by atoms with Crippen molar-refractivity contribution in [3.8, 4) is 0 Å². The van der Waals surface area contributed by atoms with Crippen LogP contribution in [0.1, 0.15) is 18.9 Å². The number of nitrogens with zero attached hydrogens (tertiary/aromatic N) is 2. The van der Waals surface area contributed by atoms with Crippen LogP contribution in [0.2, 0.25) is 0 Å². The zero-order valence-electron chi connectivity index (χ0n) is 8.22. The van der Waals surface area contributed by atoms with Crippen LogP contribution in [-0.2, 0) is 4.74 Å². The van der Waals surface area contributed by atoms with Crippen molar-refractivity contribution >= 4 is 21.6 Å². The molecule has 80 valence electrons. The van der Waals surface area contributed by atoms with Crippen LogP contribution in [0, 0.1) is 0 Å². The summed E-state index contributed by atoms with van der Waals surface area (Å²) < 4.78 is 7.79.